The summed E-state index contributed by atoms with van der Waals surface area (Å²) in [6.07, 6.45) is 12.4. The van der Waals surface area contributed by atoms with E-state index in [0.29, 0.717) is 12.1 Å². The molecule has 3 nitrogen and oxygen atoms in total. The Morgan fingerprint density at radius 2 is 1.82 bits per heavy atom. The molecule has 1 heterocycles. The van der Waals surface area contributed by atoms with Gasteiger partial charge in [-0.3, -0.25) is 5.41 Å². The third-order valence-electron chi connectivity index (χ3n) is 4.42. The minimum absolute atomic E-state index is 0.468. The van der Waals surface area contributed by atoms with E-state index in [-0.39, 0.29) is 0 Å². The topological polar surface area (TPSA) is 61.9 Å². The van der Waals surface area contributed by atoms with Gasteiger partial charge in [0.15, 0.2) is 0 Å². The highest BCUT2D eigenvalue weighted by atomic mass is 15.0. The summed E-state index contributed by atoms with van der Waals surface area (Å²) in [4.78, 5) is 0. The van der Waals surface area contributed by atoms with Gasteiger partial charge in [0.1, 0.15) is 0 Å². The maximum absolute atomic E-state index is 7.78. The van der Waals surface area contributed by atoms with Crippen molar-refractivity contribution in [2.45, 2.75) is 76.3 Å². The first kappa shape index (κ1) is 12.9. The van der Waals surface area contributed by atoms with E-state index in [1.807, 2.05) is 0 Å². The molecule has 98 valence electrons. The summed E-state index contributed by atoms with van der Waals surface area (Å²) in [7, 11) is 0. The lowest BCUT2D eigenvalue weighted by Crippen LogP contribution is -2.33. The molecular weight excluding hydrogens is 210 g/mol. The fraction of sp³-hybridized carbons (Fsp3) is 0.929. The molecule has 0 amide bonds. The third-order valence-corrected chi connectivity index (χ3v) is 4.42. The molecule has 0 aromatic heterocycles. The number of amidine groups is 1. The maximum Gasteiger partial charge on any atom is 0.0933 e. The quantitative estimate of drug-likeness (QED) is 0.707. The summed E-state index contributed by atoms with van der Waals surface area (Å²) in [5.41, 5.74) is 5.93. The van der Waals surface area contributed by atoms with E-state index >= 15 is 0 Å². The second-order valence-electron chi connectivity index (χ2n) is 5.92. The van der Waals surface area contributed by atoms with Gasteiger partial charge in [-0.05, 0) is 57.3 Å². The molecule has 2 fully saturated rings. The monoisotopic (exact) mass is 237 g/mol. The normalized spacial score (nSPS) is 35.1. The SMILES string of the molecule is N=C1CCCCC(CCC2CCC(N)CC2)N1. The van der Waals surface area contributed by atoms with Crippen LogP contribution in [0.1, 0.15) is 64.2 Å². The molecule has 0 bridgehead atoms. The Kier molecular flexibility index (Phi) is 4.84. The number of hydrogen-bond acceptors (Lipinski definition) is 2. The van der Waals surface area contributed by atoms with E-state index in [9.17, 15) is 0 Å². The number of nitrogens with two attached hydrogens (primary N) is 1. The molecule has 0 aromatic rings. The predicted molar refractivity (Wildman–Crippen MR) is 72.3 cm³/mol. The molecular formula is C14H27N3. The van der Waals surface area contributed by atoms with Gasteiger partial charge < -0.3 is 11.1 Å². The van der Waals surface area contributed by atoms with Gasteiger partial charge in [0, 0.05) is 18.5 Å². The van der Waals surface area contributed by atoms with Crippen LogP contribution >= 0.6 is 0 Å². The Labute approximate surface area is 105 Å². The molecule has 1 saturated heterocycles. The van der Waals surface area contributed by atoms with Crippen LogP contribution in [0, 0.1) is 11.3 Å². The third kappa shape index (κ3) is 4.30. The highest BCUT2D eigenvalue weighted by molar-refractivity contribution is 5.79. The van der Waals surface area contributed by atoms with Crippen LogP contribution in [0.5, 0.6) is 0 Å². The minimum atomic E-state index is 0.468. The Hall–Kier alpha value is -0.570. The Morgan fingerprint density at radius 1 is 1.06 bits per heavy atom. The molecule has 4 N–H and O–H groups in total. The molecule has 2 rings (SSSR count). The van der Waals surface area contributed by atoms with Crippen molar-refractivity contribution in [1.82, 2.24) is 5.32 Å². The van der Waals surface area contributed by atoms with Gasteiger partial charge in [-0.25, -0.2) is 0 Å². The zero-order valence-corrected chi connectivity index (χ0v) is 10.9. The number of nitrogens with one attached hydrogen (secondary N) is 2. The largest absolute Gasteiger partial charge is 0.371 e. The van der Waals surface area contributed by atoms with Crippen molar-refractivity contribution in [3.63, 3.8) is 0 Å². The molecule has 2 aliphatic rings. The Bertz CT molecular complexity index is 244. The highest BCUT2D eigenvalue weighted by Crippen LogP contribution is 2.28. The minimum Gasteiger partial charge on any atom is -0.371 e. The second kappa shape index (κ2) is 6.39. The van der Waals surface area contributed by atoms with Crippen molar-refractivity contribution in [2.75, 3.05) is 0 Å². The summed E-state index contributed by atoms with van der Waals surface area (Å²) in [5, 5.41) is 11.2. The van der Waals surface area contributed by atoms with E-state index in [2.05, 4.69) is 5.32 Å². The molecule has 1 saturated carbocycles. The van der Waals surface area contributed by atoms with Crippen LogP contribution in [0.3, 0.4) is 0 Å². The van der Waals surface area contributed by atoms with Crippen LogP contribution in [0.25, 0.3) is 0 Å². The van der Waals surface area contributed by atoms with Gasteiger partial charge in [0.2, 0.25) is 0 Å². The summed E-state index contributed by atoms with van der Waals surface area (Å²) in [6.45, 7) is 0. The number of rotatable bonds is 3. The molecule has 17 heavy (non-hydrogen) atoms. The lowest BCUT2D eigenvalue weighted by molar-refractivity contribution is 0.294. The molecule has 3 heteroatoms. The van der Waals surface area contributed by atoms with Crippen LogP contribution in [-0.2, 0) is 0 Å². The molecule has 1 unspecified atom stereocenters. The predicted octanol–water partition coefficient (Wildman–Crippen LogP) is 2.79. The smallest absolute Gasteiger partial charge is 0.0933 e. The van der Waals surface area contributed by atoms with E-state index in [1.54, 1.807) is 0 Å². The average Bonchev–Trinajstić information content (AvgIpc) is 2.53. The van der Waals surface area contributed by atoms with Crippen LogP contribution in [-0.4, -0.2) is 17.9 Å². The maximum atomic E-state index is 7.78. The molecule has 0 radical (unpaired) electrons. The van der Waals surface area contributed by atoms with E-state index in [1.165, 1.54) is 57.8 Å². The van der Waals surface area contributed by atoms with Gasteiger partial charge in [-0.1, -0.05) is 6.42 Å². The van der Waals surface area contributed by atoms with Crippen LogP contribution in [0.2, 0.25) is 0 Å². The zero-order valence-electron chi connectivity index (χ0n) is 10.9. The van der Waals surface area contributed by atoms with Crippen molar-refractivity contribution >= 4 is 5.84 Å². The van der Waals surface area contributed by atoms with E-state index < -0.39 is 0 Å². The van der Waals surface area contributed by atoms with Crippen molar-refractivity contribution < 1.29 is 0 Å². The standard InChI is InChI=1S/C14H27N3/c15-12-8-5-11(6-9-12)7-10-13-3-1-2-4-14(16)17-13/h11-13H,1-10,15H2,(H2,16,17). The van der Waals surface area contributed by atoms with Crippen LogP contribution < -0.4 is 11.1 Å². The Balaban J connectivity index is 1.68. The van der Waals surface area contributed by atoms with Gasteiger partial charge in [0.05, 0.1) is 5.84 Å². The van der Waals surface area contributed by atoms with Gasteiger partial charge in [0.25, 0.3) is 0 Å². The molecule has 1 atom stereocenters. The second-order valence-corrected chi connectivity index (χ2v) is 5.92. The average molecular weight is 237 g/mol. The summed E-state index contributed by atoms with van der Waals surface area (Å²) >= 11 is 0. The summed E-state index contributed by atoms with van der Waals surface area (Å²) in [6, 6.07) is 1.04. The van der Waals surface area contributed by atoms with Gasteiger partial charge in [-0.15, -0.1) is 0 Å². The lowest BCUT2D eigenvalue weighted by Gasteiger charge is -2.27. The van der Waals surface area contributed by atoms with E-state index in [0.717, 1.165) is 18.2 Å². The van der Waals surface area contributed by atoms with Crippen molar-refractivity contribution in [3.05, 3.63) is 0 Å². The van der Waals surface area contributed by atoms with Crippen LogP contribution in [0.4, 0.5) is 0 Å². The first-order valence-corrected chi connectivity index (χ1v) is 7.33. The lowest BCUT2D eigenvalue weighted by atomic mass is 9.83. The van der Waals surface area contributed by atoms with Crippen molar-refractivity contribution in [2.24, 2.45) is 11.7 Å². The molecule has 1 aliphatic heterocycles. The Morgan fingerprint density at radius 3 is 2.59 bits per heavy atom. The fourth-order valence-electron chi connectivity index (χ4n) is 3.21. The van der Waals surface area contributed by atoms with Crippen molar-refractivity contribution in [3.8, 4) is 0 Å². The molecule has 0 spiro atoms. The first-order valence-electron chi connectivity index (χ1n) is 7.33. The van der Waals surface area contributed by atoms with Crippen LogP contribution in [0.15, 0.2) is 0 Å². The fourth-order valence-corrected chi connectivity index (χ4v) is 3.21. The molecule has 0 aromatic carbocycles. The highest BCUT2D eigenvalue weighted by Gasteiger charge is 2.20. The first-order chi connectivity index (χ1) is 8.24. The van der Waals surface area contributed by atoms with E-state index in [4.69, 9.17) is 11.1 Å². The summed E-state index contributed by atoms with van der Waals surface area (Å²) in [5.74, 6) is 1.66. The van der Waals surface area contributed by atoms with Gasteiger partial charge >= 0.3 is 0 Å². The number of hydrogen-bond donors (Lipinski definition) is 3. The molecule has 1 aliphatic carbocycles. The zero-order chi connectivity index (χ0) is 12.1. The summed E-state index contributed by atoms with van der Waals surface area (Å²) < 4.78 is 0. The van der Waals surface area contributed by atoms with Crippen molar-refractivity contribution in [1.29, 1.82) is 5.41 Å². The van der Waals surface area contributed by atoms with Gasteiger partial charge in [-0.2, -0.15) is 0 Å².